The van der Waals surface area contributed by atoms with Crippen molar-refractivity contribution in [1.82, 2.24) is 0 Å². The highest BCUT2D eigenvalue weighted by atomic mass is 14.3. The molecule has 0 aliphatic heterocycles. The molecule has 0 nitrogen and oxygen atoms in total. The fraction of sp³-hybridized carbons (Fsp3) is 0.800. The van der Waals surface area contributed by atoms with E-state index in [0.717, 1.165) is 5.92 Å². The molecule has 0 N–H and O–H groups in total. The molecule has 0 amide bonds. The summed E-state index contributed by atoms with van der Waals surface area (Å²) in [6.07, 6.45) is 3.85. The summed E-state index contributed by atoms with van der Waals surface area (Å²) < 4.78 is 0. The topological polar surface area (TPSA) is 0 Å². The molecule has 1 aliphatic rings. The molecule has 1 saturated carbocycles. The van der Waals surface area contributed by atoms with E-state index in [1.807, 2.05) is 0 Å². The van der Waals surface area contributed by atoms with Crippen LogP contribution in [0.5, 0.6) is 0 Å². The normalized spacial score (nSPS) is 32.3. The number of allylic oxidation sites excluding steroid dienone is 1. The maximum Gasteiger partial charge on any atom is -0.0271 e. The minimum atomic E-state index is 0.523. The van der Waals surface area contributed by atoms with Crippen molar-refractivity contribution in [1.29, 1.82) is 0 Å². The average molecular weight is 138 g/mol. The van der Waals surface area contributed by atoms with Gasteiger partial charge in [-0.15, -0.1) is 0 Å². The van der Waals surface area contributed by atoms with Gasteiger partial charge in [0.15, 0.2) is 0 Å². The smallest absolute Gasteiger partial charge is 0.0271 e. The van der Waals surface area contributed by atoms with Crippen LogP contribution in [-0.4, -0.2) is 0 Å². The average Bonchev–Trinajstić information content (AvgIpc) is 1.54. The molecule has 1 atom stereocenters. The van der Waals surface area contributed by atoms with Gasteiger partial charge in [0.2, 0.25) is 0 Å². The van der Waals surface area contributed by atoms with Crippen molar-refractivity contribution in [2.45, 2.75) is 40.0 Å². The molecule has 1 fully saturated rings. The van der Waals surface area contributed by atoms with E-state index in [-0.39, 0.29) is 0 Å². The van der Waals surface area contributed by atoms with Gasteiger partial charge >= 0.3 is 0 Å². The summed E-state index contributed by atoms with van der Waals surface area (Å²) in [6.45, 7) is 11.1. The molecule has 1 unspecified atom stereocenters. The largest absolute Gasteiger partial charge is 0.0998 e. The number of hydrogen-bond acceptors (Lipinski definition) is 0. The van der Waals surface area contributed by atoms with E-state index in [2.05, 4.69) is 27.4 Å². The summed E-state index contributed by atoms with van der Waals surface area (Å²) in [5.41, 5.74) is 1.97. The summed E-state index contributed by atoms with van der Waals surface area (Å²) >= 11 is 0. The lowest BCUT2D eigenvalue weighted by atomic mass is 9.71. The Morgan fingerprint density at radius 2 is 2.10 bits per heavy atom. The predicted octanol–water partition coefficient (Wildman–Crippen LogP) is 3.39. The lowest BCUT2D eigenvalue weighted by molar-refractivity contribution is 0.235. The molecule has 0 saturated heterocycles. The molecule has 0 radical (unpaired) electrons. The van der Waals surface area contributed by atoms with Crippen LogP contribution >= 0.6 is 0 Å². The maximum absolute atomic E-state index is 4.06. The van der Waals surface area contributed by atoms with Gasteiger partial charge in [0.25, 0.3) is 0 Å². The Hall–Kier alpha value is -0.260. The van der Waals surface area contributed by atoms with Gasteiger partial charge in [-0.3, -0.25) is 0 Å². The Labute approximate surface area is 64.3 Å². The van der Waals surface area contributed by atoms with Gasteiger partial charge in [-0.1, -0.05) is 32.9 Å². The highest BCUT2D eigenvalue weighted by Crippen LogP contribution is 2.40. The van der Waals surface area contributed by atoms with Crippen molar-refractivity contribution in [2.24, 2.45) is 11.3 Å². The van der Waals surface area contributed by atoms with Crippen LogP contribution in [0.1, 0.15) is 40.0 Å². The molecule has 0 aromatic carbocycles. The van der Waals surface area contributed by atoms with E-state index in [1.165, 1.54) is 24.8 Å². The lowest BCUT2D eigenvalue weighted by Crippen LogP contribution is -2.22. The minimum Gasteiger partial charge on any atom is -0.0998 e. The van der Waals surface area contributed by atoms with Crippen LogP contribution in [-0.2, 0) is 0 Å². The molecule has 10 heavy (non-hydrogen) atoms. The van der Waals surface area contributed by atoms with Crippen molar-refractivity contribution < 1.29 is 0 Å². The first-order chi connectivity index (χ1) is 4.49. The van der Waals surface area contributed by atoms with Crippen molar-refractivity contribution >= 4 is 0 Å². The molecule has 1 aliphatic carbocycles. The quantitative estimate of drug-likeness (QED) is 0.450. The first kappa shape index (κ1) is 7.84. The third-order valence-electron chi connectivity index (χ3n) is 2.27. The monoisotopic (exact) mass is 138 g/mol. The van der Waals surface area contributed by atoms with Crippen LogP contribution in [0.3, 0.4) is 0 Å². The second-order valence-electron chi connectivity index (χ2n) is 4.60. The van der Waals surface area contributed by atoms with Crippen LogP contribution in [0, 0.1) is 11.3 Å². The molecule has 0 bridgehead atoms. The zero-order chi connectivity index (χ0) is 7.78. The maximum atomic E-state index is 4.06. The first-order valence-electron chi connectivity index (χ1n) is 4.16. The third-order valence-corrected chi connectivity index (χ3v) is 2.27. The van der Waals surface area contributed by atoms with E-state index in [4.69, 9.17) is 0 Å². The molecule has 0 heterocycles. The van der Waals surface area contributed by atoms with Crippen LogP contribution in [0.25, 0.3) is 0 Å². The Morgan fingerprint density at radius 3 is 2.50 bits per heavy atom. The lowest BCUT2D eigenvalue weighted by Gasteiger charge is -2.34. The second-order valence-corrected chi connectivity index (χ2v) is 4.60. The van der Waals surface area contributed by atoms with Gasteiger partial charge < -0.3 is 0 Å². The first-order valence-corrected chi connectivity index (χ1v) is 4.16. The summed E-state index contributed by atoms with van der Waals surface area (Å²) in [5.74, 6) is 0.858. The SMILES string of the molecule is C=C1CC(C)CC(C)(C)C1. The van der Waals surface area contributed by atoms with Gasteiger partial charge in [0.1, 0.15) is 0 Å². The fourth-order valence-electron chi connectivity index (χ4n) is 2.33. The minimum absolute atomic E-state index is 0.523. The van der Waals surface area contributed by atoms with Crippen molar-refractivity contribution in [2.75, 3.05) is 0 Å². The Bertz CT molecular complexity index is 142. The van der Waals surface area contributed by atoms with E-state index in [1.54, 1.807) is 0 Å². The summed E-state index contributed by atoms with van der Waals surface area (Å²) in [4.78, 5) is 0. The zero-order valence-electron chi connectivity index (χ0n) is 7.41. The highest BCUT2D eigenvalue weighted by Gasteiger charge is 2.27. The summed E-state index contributed by atoms with van der Waals surface area (Å²) in [7, 11) is 0. The molecule has 0 spiro atoms. The van der Waals surface area contributed by atoms with E-state index < -0.39 is 0 Å². The summed E-state index contributed by atoms with van der Waals surface area (Å²) in [5, 5.41) is 0. The number of hydrogen-bond donors (Lipinski definition) is 0. The van der Waals surface area contributed by atoms with Crippen LogP contribution < -0.4 is 0 Å². The van der Waals surface area contributed by atoms with Crippen LogP contribution in [0.4, 0.5) is 0 Å². The molecule has 0 heteroatoms. The van der Waals surface area contributed by atoms with E-state index in [0.29, 0.717) is 5.41 Å². The van der Waals surface area contributed by atoms with Crippen molar-refractivity contribution in [3.63, 3.8) is 0 Å². The van der Waals surface area contributed by atoms with Crippen molar-refractivity contribution in [3.8, 4) is 0 Å². The third kappa shape index (κ3) is 1.86. The molecule has 1 rings (SSSR count). The van der Waals surface area contributed by atoms with Gasteiger partial charge in [-0.05, 0) is 30.6 Å². The summed E-state index contributed by atoms with van der Waals surface area (Å²) in [6, 6.07) is 0. The van der Waals surface area contributed by atoms with Crippen molar-refractivity contribution in [3.05, 3.63) is 12.2 Å². The Balaban J connectivity index is 2.59. The molecule has 0 aromatic rings. The van der Waals surface area contributed by atoms with Gasteiger partial charge in [-0.25, -0.2) is 0 Å². The predicted molar refractivity (Wildman–Crippen MR) is 45.9 cm³/mol. The Morgan fingerprint density at radius 1 is 1.50 bits per heavy atom. The Kier molecular flexibility index (Phi) is 1.89. The van der Waals surface area contributed by atoms with Crippen LogP contribution in [0.2, 0.25) is 0 Å². The van der Waals surface area contributed by atoms with Gasteiger partial charge in [0, 0.05) is 0 Å². The zero-order valence-corrected chi connectivity index (χ0v) is 7.41. The van der Waals surface area contributed by atoms with Crippen LogP contribution in [0.15, 0.2) is 12.2 Å². The molecular weight excluding hydrogens is 120 g/mol. The molecule has 0 aromatic heterocycles. The standard InChI is InChI=1S/C10H18/c1-8-5-9(2)7-10(3,4)6-8/h9H,1,5-7H2,2-4H3. The molecular formula is C10H18. The van der Waals surface area contributed by atoms with Gasteiger partial charge in [-0.2, -0.15) is 0 Å². The van der Waals surface area contributed by atoms with E-state index >= 15 is 0 Å². The molecule has 58 valence electrons. The van der Waals surface area contributed by atoms with Gasteiger partial charge in [0.05, 0.1) is 0 Å². The fourth-order valence-corrected chi connectivity index (χ4v) is 2.33. The number of rotatable bonds is 0. The van der Waals surface area contributed by atoms with E-state index in [9.17, 15) is 0 Å². The second kappa shape index (κ2) is 2.41. The highest BCUT2D eigenvalue weighted by molar-refractivity contribution is 5.03.